The fourth-order valence-electron chi connectivity index (χ4n) is 3.60. The minimum Gasteiger partial charge on any atom is -0.452 e. The molecule has 0 spiro atoms. The highest BCUT2D eigenvalue weighted by molar-refractivity contribution is 7.99. The first-order chi connectivity index (χ1) is 17.0. The van der Waals surface area contributed by atoms with Gasteiger partial charge in [0.25, 0.3) is 0 Å². The Labute approximate surface area is 206 Å². The van der Waals surface area contributed by atoms with Crippen molar-refractivity contribution in [3.05, 3.63) is 112 Å². The number of carbonyl (C=O) groups excluding carboxylic acids is 2. The summed E-state index contributed by atoms with van der Waals surface area (Å²) in [6.45, 7) is 1.90. The lowest BCUT2D eigenvalue weighted by Crippen LogP contribution is -2.40. The third kappa shape index (κ3) is 6.22. The Morgan fingerprint density at radius 2 is 1.43 bits per heavy atom. The summed E-state index contributed by atoms with van der Waals surface area (Å²) in [6.07, 6.45) is -2.72. The van der Waals surface area contributed by atoms with E-state index < -0.39 is 35.7 Å². The number of rotatable bonds is 8. The Balaban J connectivity index is 1.64. The Morgan fingerprint density at radius 3 is 1.97 bits per heavy atom. The maximum atomic E-state index is 13.0. The number of thioether (sulfide) groups is 1. The molecule has 4 rings (SSSR count). The van der Waals surface area contributed by atoms with Crippen molar-refractivity contribution in [1.29, 1.82) is 0 Å². The van der Waals surface area contributed by atoms with Gasteiger partial charge in [0.2, 0.25) is 0 Å². The summed E-state index contributed by atoms with van der Waals surface area (Å²) in [6, 6.07) is 24.8. The van der Waals surface area contributed by atoms with Crippen molar-refractivity contribution in [3.63, 3.8) is 0 Å². The summed E-state index contributed by atoms with van der Waals surface area (Å²) in [5.41, 5.74) is 9.97. The topological polar surface area (TPSA) is 111 Å². The molecule has 178 valence electrons. The molecule has 1 aliphatic rings. The Hall–Kier alpha value is -3.78. The number of carbonyl (C=O) groups is 2. The zero-order chi connectivity index (χ0) is 24.6. The van der Waals surface area contributed by atoms with E-state index in [0.29, 0.717) is 11.1 Å². The normalized spacial score (nSPS) is 21.1. The smallest absolute Gasteiger partial charge is 0.338 e. The summed E-state index contributed by atoms with van der Waals surface area (Å²) >= 11 is 1.34. The molecule has 3 aromatic rings. The molecule has 1 aliphatic heterocycles. The summed E-state index contributed by atoms with van der Waals surface area (Å²) in [5, 5.41) is 3.62. The molecule has 35 heavy (non-hydrogen) atoms. The lowest BCUT2D eigenvalue weighted by atomic mass is 10.1. The number of aryl methyl sites for hydroxylation is 1. The van der Waals surface area contributed by atoms with Crippen molar-refractivity contribution in [2.24, 2.45) is 5.11 Å². The standard InChI is InChI=1S/C26H23N3O5S/c1-17-12-14-20(15-13-17)35-26-23(34-25(31)19-10-6-3-7-11-19)22(21(32-26)16-28-29-27)33-24(30)18-8-4-2-5-9-18/h2-15,21-23,26H,16H2,1H3/t21-,22-,23-,26+/m1/s1. The van der Waals surface area contributed by atoms with Gasteiger partial charge in [0.05, 0.1) is 17.7 Å². The fourth-order valence-corrected chi connectivity index (χ4v) is 4.70. The van der Waals surface area contributed by atoms with Crippen molar-refractivity contribution in [2.75, 3.05) is 6.54 Å². The summed E-state index contributed by atoms with van der Waals surface area (Å²) in [5.74, 6) is -1.16. The van der Waals surface area contributed by atoms with Crippen molar-refractivity contribution in [3.8, 4) is 0 Å². The SMILES string of the molecule is Cc1ccc(S[C@@H]2O[C@H](CN=[N+]=[N-])[C@@H](OC(=O)c3ccccc3)[C@H]2OC(=O)c2ccccc2)cc1. The molecule has 0 saturated carbocycles. The number of ether oxygens (including phenoxy) is 3. The number of esters is 2. The number of benzene rings is 3. The third-order valence-electron chi connectivity index (χ3n) is 5.37. The third-order valence-corrected chi connectivity index (χ3v) is 6.53. The van der Waals surface area contributed by atoms with Gasteiger partial charge in [0, 0.05) is 9.81 Å². The number of nitrogens with zero attached hydrogens (tertiary/aromatic N) is 3. The highest BCUT2D eigenvalue weighted by atomic mass is 32.2. The van der Waals surface area contributed by atoms with Crippen LogP contribution < -0.4 is 0 Å². The van der Waals surface area contributed by atoms with Gasteiger partial charge in [0.15, 0.2) is 12.2 Å². The predicted molar refractivity (Wildman–Crippen MR) is 131 cm³/mol. The molecule has 0 aliphatic carbocycles. The van der Waals surface area contributed by atoms with Crippen LogP contribution in [0.2, 0.25) is 0 Å². The second-order valence-corrected chi connectivity index (χ2v) is 9.03. The van der Waals surface area contributed by atoms with Gasteiger partial charge in [-0.1, -0.05) is 71.0 Å². The average Bonchev–Trinajstić information content (AvgIpc) is 3.20. The van der Waals surface area contributed by atoms with Crippen LogP contribution in [0, 0.1) is 6.92 Å². The predicted octanol–water partition coefficient (Wildman–Crippen LogP) is 5.57. The van der Waals surface area contributed by atoms with Crippen LogP contribution in [0.25, 0.3) is 10.4 Å². The fraction of sp³-hybridized carbons (Fsp3) is 0.231. The van der Waals surface area contributed by atoms with Gasteiger partial charge in [0.1, 0.15) is 11.5 Å². The van der Waals surface area contributed by atoms with E-state index in [1.807, 2.05) is 31.2 Å². The molecular weight excluding hydrogens is 466 g/mol. The summed E-state index contributed by atoms with van der Waals surface area (Å²) in [4.78, 5) is 29.6. The van der Waals surface area contributed by atoms with Gasteiger partial charge in [-0.15, -0.1) is 0 Å². The van der Waals surface area contributed by atoms with Gasteiger partial charge in [-0.25, -0.2) is 9.59 Å². The van der Waals surface area contributed by atoms with Crippen molar-refractivity contribution in [2.45, 2.75) is 35.6 Å². The maximum Gasteiger partial charge on any atom is 0.338 e. The molecule has 0 radical (unpaired) electrons. The monoisotopic (exact) mass is 489 g/mol. The Bertz CT molecular complexity index is 1200. The quantitative estimate of drug-likeness (QED) is 0.177. The molecule has 1 fully saturated rings. The lowest BCUT2D eigenvalue weighted by Gasteiger charge is -2.24. The van der Waals surface area contributed by atoms with E-state index in [1.54, 1.807) is 60.7 Å². The molecule has 9 heteroatoms. The van der Waals surface area contributed by atoms with E-state index in [1.165, 1.54) is 11.8 Å². The molecule has 0 aromatic heterocycles. The Morgan fingerprint density at radius 1 is 0.886 bits per heavy atom. The maximum absolute atomic E-state index is 13.0. The van der Waals surface area contributed by atoms with E-state index >= 15 is 0 Å². The van der Waals surface area contributed by atoms with E-state index in [2.05, 4.69) is 10.0 Å². The zero-order valence-electron chi connectivity index (χ0n) is 18.9. The summed E-state index contributed by atoms with van der Waals surface area (Å²) < 4.78 is 17.8. The van der Waals surface area contributed by atoms with Crippen LogP contribution in [0.1, 0.15) is 26.3 Å². The van der Waals surface area contributed by atoms with Gasteiger partial charge in [-0.2, -0.15) is 0 Å². The van der Waals surface area contributed by atoms with E-state index in [4.69, 9.17) is 19.7 Å². The van der Waals surface area contributed by atoms with Crippen molar-refractivity contribution >= 4 is 23.7 Å². The van der Waals surface area contributed by atoms with Gasteiger partial charge < -0.3 is 14.2 Å². The first-order valence-electron chi connectivity index (χ1n) is 11.0. The molecule has 0 amide bonds. The van der Waals surface area contributed by atoms with Crippen LogP contribution >= 0.6 is 11.8 Å². The lowest BCUT2D eigenvalue weighted by molar-refractivity contribution is -0.0279. The second-order valence-electron chi connectivity index (χ2n) is 7.86. The molecular formula is C26H23N3O5S. The molecule has 0 N–H and O–H groups in total. The number of hydrogen-bond acceptors (Lipinski definition) is 7. The second kappa shape index (κ2) is 11.6. The highest BCUT2D eigenvalue weighted by Crippen LogP contribution is 2.38. The molecule has 3 aromatic carbocycles. The van der Waals surface area contributed by atoms with Crippen LogP contribution in [0.15, 0.2) is 94.9 Å². The zero-order valence-corrected chi connectivity index (χ0v) is 19.7. The molecule has 1 heterocycles. The average molecular weight is 490 g/mol. The van der Waals surface area contributed by atoms with Gasteiger partial charge in [-0.3, -0.25) is 0 Å². The van der Waals surface area contributed by atoms with Crippen LogP contribution in [0.4, 0.5) is 0 Å². The first kappa shape index (κ1) is 24.3. The minimum atomic E-state index is -0.983. The van der Waals surface area contributed by atoms with E-state index in [-0.39, 0.29) is 6.54 Å². The molecule has 0 bridgehead atoms. The number of hydrogen-bond donors (Lipinski definition) is 0. The first-order valence-corrected chi connectivity index (χ1v) is 11.8. The summed E-state index contributed by atoms with van der Waals surface area (Å²) in [7, 11) is 0. The van der Waals surface area contributed by atoms with Gasteiger partial charge >= 0.3 is 11.9 Å². The number of azide groups is 1. The van der Waals surface area contributed by atoms with Crippen LogP contribution in [-0.4, -0.2) is 42.2 Å². The van der Waals surface area contributed by atoms with E-state index in [9.17, 15) is 9.59 Å². The van der Waals surface area contributed by atoms with Crippen LogP contribution in [0.3, 0.4) is 0 Å². The molecule has 8 nitrogen and oxygen atoms in total. The largest absolute Gasteiger partial charge is 0.452 e. The molecule has 0 unspecified atom stereocenters. The minimum absolute atomic E-state index is 0.0897. The van der Waals surface area contributed by atoms with Crippen LogP contribution in [0.5, 0.6) is 0 Å². The van der Waals surface area contributed by atoms with Gasteiger partial charge in [-0.05, 0) is 48.9 Å². The van der Waals surface area contributed by atoms with Crippen LogP contribution in [-0.2, 0) is 14.2 Å². The van der Waals surface area contributed by atoms with Crippen molar-refractivity contribution < 1.29 is 23.8 Å². The highest BCUT2D eigenvalue weighted by Gasteiger charge is 2.50. The molecule has 1 saturated heterocycles. The van der Waals surface area contributed by atoms with Crippen molar-refractivity contribution in [1.82, 2.24) is 0 Å². The van der Waals surface area contributed by atoms with E-state index in [0.717, 1.165) is 10.5 Å². The molecule has 4 atom stereocenters. The Kier molecular flexibility index (Phi) is 8.05.